The number of nitrogens with zero attached hydrogens (tertiary/aromatic N) is 5. The molecule has 3 rings (SSSR count). The van der Waals surface area contributed by atoms with Crippen LogP contribution in [0.25, 0.3) is 16.9 Å². The summed E-state index contributed by atoms with van der Waals surface area (Å²) in [5.41, 5.74) is -7.49. The maximum Gasteiger partial charge on any atom is 0.425 e. The number of rotatable bonds is 8. The summed E-state index contributed by atoms with van der Waals surface area (Å²) in [7, 11) is 0.900. The molecule has 234 valence electrons. The van der Waals surface area contributed by atoms with E-state index >= 15 is 0 Å². The van der Waals surface area contributed by atoms with Gasteiger partial charge in [0, 0.05) is 18.8 Å². The molecule has 2 heterocycles. The van der Waals surface area contributed by atoms with Gasteiger partial charge in [0.2, 0.25) is 5.67 Å². The van der Waals surface area contributed by atoms with E-state index in [9.17, 15) is 44.3 Å². The number of amides is 1. The lowest BCUT2D eigenvalue weighted by molar-refractivity contribution is -0.305. The molecule has 2 unspecified atom stereocenters. The van der Waals surface area contributed by atoms with Gasteiger partial charge in [0.05, 0.1) is 22.9 Å². The van der Waals surface area contributed by atoms with Crippen molar-refractivity contribution in [1.29, 1.82) is 5.26 Å². The maximum absolute atomic E-state index is 14.7. The van der Waals surface area contributed by atoms with Crippen LogP contribution in [0.1, 0.15) is 43.6 Å². The minimum absolute atomic E-state index is 0.0137. The molecule has 2 atom stereocenters. The number of nitrogens with one attached hydrogen (secondary N) is 1. The number of alkyl halides is 9. The monoisotopic (exact) mass is 644 g/mol. The highest BCUT2D eigenvalue weighted by Gasteiger charge is 2.64. The van der Waals surface area contributed by atoms with Crippen molar-refractivity contribution in [3.8, 4) is 28.9 Å². The van der Waals surface area contributed by atoms with Crippen LogP contribution < -0.4 is 10.1 Å². The molecule has 0 radical (unpaired) electrons. The fourth-order valence-corrected chi connectivity index (χ4v) is 3.90. The van der Waals surface area contributed by atoms with Crippen molar-refractivity contribution in [1.82, 2.24) is 24.9 Å². The third kappa shape index (κ3) is 6.68. The van der Waals surface area contributed by atoms with Crippen LogP contribution in [0.15, 0.2) is 30.6 Å². The Labute approximate surface area is 243 Å². The highest BCUT2D eigenvalue weighted by Crippen LogP contribution is 2.48. The third-order valence-corrected chi connectivity index (χ3v) is 6.75. The number of halogens is 10. The molecule has 1 N–H and O–H groups in total. The predicted molar refractivity (Wildman–Crippen MR) is 133 cm³/mol. The van der Waals surface area contributed by atoms with Crippen molar-refractivity contribution in [3.05, 3.63) is 46.7 Å². The normalized spacial score (nSPS) is 15.0. The number of ether oxygens (including phenoxy) is 1. The van der Waals surface area contributed by atoms with E-state index in [0.29, 0.717) is 9.36 Å². The molecule has 43 heavy (non-hydrogen) atoms. The number of aromatic nitrogens is 4. The Kier molecular flexibility index (Phi) is 8.55. The number of benzene rings is 1. The molecule has 0 saturated carbocycles. The van der Waals surface area contributed by atoms with Gasteiger partial charge in [-0.25, -0.2) is 13.8 Å². The van der Waals surface area contributed by atoms with Crippen molar-refractivity contribution in [2.75, 3.05) is 0 Å². The van der Waals surface area contributed by atoms with Gasteiger partial charge in [-0.15, -0.1) is 5.10 Å². The van der Waals surface area contributed by atoms with E-state index in [4.69, 9.17) is 16.9 Å². The summed E-state index contributed by atoms with van der Waals surface area (Å²) in [5, 5.41) is 18.7. The fourth-order valence-electron chi connectivity index (χ4n) is 3.70. The second-order valence-electron chi connectivity index (χ2n) is 10.1. The summed E-state index contributed by atoms with van der Waals surface area (Å²) in [6.45, 7) is 2.80. The van der Waals surface area contributed by atoms with Gasteiger partial charge in [0.15, 0.2) is 11.4 Å². The SMILES string of the molecule is CC(C(F)(F)Oc1nn(C)c(-n2cc(-c3ccc(Cl)c(C(=O)NC(C)(C)C#N)c3)cn2)c1C(F)(F)F)C(C)(F)C(F)(F)F. The Morgan fingerprint density at radius 2 is 1.67 bits per heavy atom. The Balaban J connectivity index is 2.06. The van der Waals surface area contributed by atoms with E-state index in [0.717, 1.165) is 19.4 Å². The van der Waals surface area contributed by atoms with Crippen molar-refractivity contribution in [2.45, 2.75) is 57.4 Å². The van der Waals surface area contributed by atoms with Gasteiger partial charge < -0.3 is 10.1 Å². The molecule has 1 amide bonds. The molecule has 0 aliphatic rings. The maximum atomic E-state index is 14.7. The van der Waals surface area contributed by atoms with E-state index in [1.807, 2.05) is 6.07 Å². The van der Waals surface area contributed by atoms with Crippen LogP contribution in [0.4, 0.5) is 39.5 Å². The number of hydrogen-bond acceptors (Lipinski definition) is 5. The first-order valence-electron chi connectivity index (χ1n) is 12.0. The molecule has 0 aliphatic heterocycles. The van der Waals surface area contributed by atoms with Gasteiger partial charge in [-0.3, -0.25) is 4.79 Å². The lowest BCUT2D eigenvalue weighted by Crippen LogP contribution is -2.52. The molecule has 3 aromatic rings. The van der Waals surface area contributed by atoms with Crippen LogP contribution in [0.2, 0.25) is 5.02 Å². The summed E-state index contributed by atoms with van der Waals surface area (Å²) in [6, 6.07) is 5.85. The van der Waals surface area contributed by atoms with E-state index in [1.54, 1.807) is 0 Å². The molecule has 8 nitrogen and oxygen atoms in total. The smallest absolute Gasteiger partial charge is 0.412 e. The van der Waals surface area contributed by atoms with Gasteiger partial charge >= 0.3 is 18.5 Å². The first-order valence-corrected chi connectivity index (χ1v) is 12.4. The fraction of sp³-hybridized carbons (Fsp3) is 0.440. The quantitative estimate of drug-likeness (QED) is 0.270. The predicted octanol–water partition coefficient (Wildman–Crippen LogP) is 6.88. The van der Waals surface area contributed by atoms with Crippen LogP contribution in [0, 0.1) is 17.2 Å². The summed E-state index contributed by atoms with van der Waals surface area (Å²) in [6.07, 6.45) is -14.3. The number of hydrogen-bond donors (Lipinski definition) is 1. The largest absolute Gasteiger partial charge is 0.425 e. The Hall–Kier alpha value is -3.94. The number of aryl methyl sites for hydroxylation is 1. The van der Waals surface area contributed by atoms with Gasteiger partial charge in [-0.05, 0) is 45.4 Å². The number of nitriles is 1. The molecule has 0 spiro atoms. The highest BCUT2D eigenvalue weighted by molar-refractivity contribution is 6.34. The van der Waals surface area contributed by atoms with Gasteiger partial charge in [-0.1, -0.05) is 17.7 Å². The average Bonchev–Trinajstić information content (AvgIpc) is 3.46. The highest BCUT2D eigenvalue weighted by atomic mass is 35.5. The van der Waals surface area contributed by atoms with E-state index in [2.05, 4.69) is 20.3 Å². The average molecular weight is 645 g/mol. The van der Waals surface area contributed by atoms with Crippen LogP contribution in [-0.4, -0.2) is 49.0 Å². The minimum atomic E-state index is -5.79. The van der Waals surface area contributed by atoms with E-state index in [1.165, 1.54) is 32.0 Å². The van der Waals surface area contributed by atoms with Gasteiger partial charge in [0.1, 0.15) is 11.5 Å². The molecule has 0 saturated heterocycles. The number of carbonyl (C=O) groups is 1. The van der Waals surface area contributed by atoms with Crippen molar-refractivity contribution < 1.29 is 49.0 Å². The van der Waals surface area contributed by atoms with Gasteiger partial charge in [0.25, 0.3) is 11.8 Å². The van der Waals surface area contributed by atoms with Crippen LogP contribution in [0.5, 0.6) is 5.88 Å². The van der Waals surface area contributed by atoms with Crippen LogP contribution in [-0.2, 0) is 13.2 Å². The Morgan fingerprint density at radius 1 is 1.07 bits per heavy atom. The molecule has 0 fully saturated rings. The van der Waals surface area contributed by atoms with Gasteiger partial charge in [-0.2, -0.15) is 45.5 Å². The second-order valence-corrected chi connectivity index (χ2v) is 10.6. The minimum Gasteiger partial charge on any atom is -0.412 e. The molecule has 0 bridgehead atoms. The summed E-state index contributed by atoms with van der Waals surface area (Å²) in [4.78, 5) is 12.7. The van der Waals surface area contributed by atoms with E-state index < -0.39 is 58.8 Å². The first kappa shape index (κ1) is 33.6. The second kappa shape index (κ2) is 11.0. The summed E-state index contributed by atoms with van der Waals surface area (Å²) < 4.78 is 130. The molecule has 18 heteroatoms. The summed E-state index contributed by atoms with van der Waals surface area (Å²) in [5.74, 6) is -6.80. The summed E-state index contributed by atoms with van der Waals surface area (Å²) >= 11 is 6.11. The zero-order valence-corrected chi connectivity index (χ0v) is 23.6. The number of carbonyl (C=O) groups excluding carboxylic acids is 1. The third-order valence-electron chi connectivity index (χ3n) is 6.42. The topological polar surface area (TPSA) is 97.8 Å². The molecular weight excluding hydrogens is 623 g/mol. The van der Waals surface area contributed by atoms with E-state index in [-0.39, 0.29) is 35.6 Å². The van der Waals surface area contributed by atoms with Crippen molar-refractivity contribution in [3.63, 3.8) is 0 Å². The van der Waals surface area contributed by atoms with Crippen molar-refractivity contribution in [2.24, 2.45) is 13.0 Å². The van der Waals surface area contributed by atoms with Crippen molar-refractivity contribution >= 4 is 17.5 Å². The zero-order chi connectivity index (χ0) is 32.9. The Bertz CT molecular complexity index is 1570. The van der Waals surface area contributed by atoms with Crippen LogP contribution >= 0.6 is 11.6 Å². The zero-order valence-electron chi connectivity index (χ0n) is 22.8. The Morgan fingerprint density at radius 3 is 2.21 bits per heavy atom. The molecule has 1 aromatic carbocycles. The molecule has 2 aromatic heterocycles. The molecule has 0 aliphatic carbocycles. The van der Waals surface area contributed by atoms with Crippen LogP contribution in [0.3, 0.4) is 0 Å². The lowest BCUT2D eigenvalue weighted by atomic mass is 9.91. The first-order chi connectivity index (χ1) is 19.4. The standard InChI is InChI=1S/C25H22ClF9N6O2/c1-12(22(4,27)25(33,34)35)24(31,32)43-19-17(23(28,29)30)20(40(5)39-19)41-10-14(9-37-41)13-6-7-16(26)15(8-13)18(42)38-21(2,3)11-36/h6-10,12H,1-5H3,(H,38,42). The molecular formula is C25H22ClF9N6O2. The lowest BCUT2D eigenvalue weighted by Gasteiger charge is -2.34.